The molecule has 0 saturated heterocycles. The van der Waals surface area contributed by atoms with E-state index in [1.165, 1.54) is 6.07 Å². The minimum atomic E-state index is -4.52. The van der Waals surface area contributed by atoms with Gasteiger partial charge >= 0.3 is 6.18 Å². The third-order valence-corrected chi connectivity index (χ3v) is 6.52. The second-order valence-electron chi connectivity index (χ2n) is 8.59. The van der Waals surface area contributed by atoms with Gasteiger partial charge in [0.1, 0.15) is 0 Å². The van der Waals surface area contributed by atoms with Crippen LogP contribution in [0.3, 0.4) is 0 Å². The largest absolute Gasteiger partial charge is 0.416 e. The molecule has 4 N–H and O–H groups in total. The van der Waals surface area contributed by atoms with Crippen molar-refractivity contribution in [1.29, 1.82) is 0 Å². The number of anilines is 4. The summed E-state index contributed by atoms with van der Waals surface area (Å²) in [5, 5.41) is 13.7. The van der Waals surface area contributed by atoms with E-state index in [0.29, 0.717) is 41.1 Å². The summed E-state index contributed by atoms with van der Waals surface area (Å²) in [6, 6.07) is 11.9. The number of alkyl halides is 3. The Morgan fingerprint density at radius 3 is 2.58 bits per heavy atom. The van der Waals surface area contributed by atoms with Crippen LogP contribution in [0.25, 0.3) is 21.9 Å². The number of H-pyrrole nitrogens is 2. The second-order valence-corrected chi connectivity index (χ2v) is 8.99. The smallest absolute Gasteiger partial charge is 0.371 e. The zero-order valence-electron chi connectivity index (χ0n) is 20.4. The van der Waals surface area contributed by atoms with Crippen LogP contribution < -0.4 is 15.5 Å². The Kier molecular flexibility index (Phi) is 6.62. The normalized spacial score (nSPS) is 11.7. The van der Waals surface area contributed by atoms with Crippen LogP contribution >= 0.6 is 11.6 Å². The number of halogens is 4. The van der Waals surface area contributed by atoms with Crippen molar-refractivity contribution in [3.8, 4) is 0 Å². The van der Waals surface area contributed by atoms with Crippen molar-refractivity contribution in [2.75, 3.05) is 28.6 Å². The number of rotatable bonds is 7. The topological polar surface area (TPSA) is 102 Å². The van der Waals surface area contributed by atoms with Crippen LogP contribution in [-0.2, 0) is 6.18 Å². The molecule has 0 fully saturated rings. The third-order valence-electron chi connectivity index (χ3n) is 6.19. The summed E-state index contributed by atoms with van der Waals surface area (Å²) in [6.45, 7) is 5.26. The maximum atomic E-state index is 13.4. The molecule has 2 aromatic heterocycles. The van der Waals surface area contributed by atoms with Crippen molar-refractivity contribution in [3.63, 3.8) is 0 Å². The van der Waals surface area contributed by atoms with Gasteiger partial charge in [-0.15, -0.1) is 0 Å². The number of aromatic amines is 2. The number of amides is 1. The van der Waals surface area contributed by atoms with Crippen LogP contribution in [0.5, 0.6) is 0 Å². The van der Waals surface area contributed by atoms with E-state index in [1.54, 1.807) is 30.5 Å². The average Bonchev–Trinajstić information content (AvgIpc) is 3.50. The zero-order chi connectivity index (χ0) is 27.0. The van der Waals surface area contributed by atoms with Crippen LogP contribution in [0.4, 0.5) is 36.2 Å². The summed E-state index contributed by atoms with van der Waals surface area (Å²) in [7, 11) is 0. The molecule has 12 heteroatoms. The molecule has 0 atom stereocenters. The van der Waals surface area contributed by atoms with Gasteiger partial charge in [0.15, 0.2) is 0 Å². The molecule has 196 valence electrons. The van der Waals surface area contributed by atoms with Gasteiger partial charge in [0, 0.05) is 24.2 Å². The maximum absolute atomic E-state index is 13.4. The summed E-state index contributed by atoms with van der Waals surface area (Å²) >= 11 is 6.13. The minimum Gasteiger partial charge on any atom is -0.371 e. The first kappa shape index (κ1) is 25.4. The molecule has 0 spiro atoms. The van der Waals surface area contributed by atoms with Crippen molar-refractivity contribution in [2.45, 2.75) is 20.0 Å². The monoisotopic (exact) mass is 541 g/mol. The Morgan fingerprint density at radius 1 is 1.05 bits per heavy atom. The fourth-order valence-corrected chi connectivity index (χ4v) is 4.42. The Balaban J connectivity index is 1.51. The van der Waals surface area contributed by atoms with Gasteiger partial charge in [0.25, 0.3) is 5.91 Å². The Bertz CT molecular complexity index is 1640. The molecule has 5 aromatic rings. The highest BCUT2D eigenvalue weighted by Crippen LogP contribution is 2.35. The number of fused-ring (bicyclic) bond motifs is 2. The average molecular weight is 542 g/mol. The molecular formula is C26H23ClF3N7O. The second kappa shape index (κ2) is 9.90. The first-order chi connectivity index (χ1) is 18.2. The van der Waals surface area contributed by atoms with Gasteiger partial charge in [-0.05, 0) is 62.4 Å². The highest BCUT2D eigenvalue weighted by atomic mass is 35.5. The van der Waals surface area contributed by atoms with Gasteiger partial charge < -0.3 is 20.5 Å². The number of carbonyl (C=O) groups excluding carboxylic acids is 1. The molecule has 0 aliphatic heterocycles. The molecule has 8 nitrogen and oxygen atoms in total. The predicted molar refractivity (Wildman–Crippen MR) is 143 cm³/mol. The van der Waals surface area contributed by atoms with Gasteiger partial charge in [-0.2, -0.15) is 18.3 Å². The summed E-state index contributed by atoms with van der Waals surface area (Å²) in [6.07, 6.45) is -2.82. The minimum absolute atomic E-state index is 0.0525. The molecule has 0 saturated carbocycles. The van der Waals surface area contributed by atoms with E-state index >= 15 is 0 Å². The van der Waals surface area contributed by atoms with Crippen molar-refractivity contribution in [1.82, 2.24) is 20.2 Å². The lowest BCUT2D eigenvalue weighted by atomic mass is 10.1. The summed E-state index contributed by atoms with van der Waals surface area (Å²) in [4.78, 5) is 23.0. The van der Waals surface area contributed by atoms with E-state index in [1.807, 2.05) is 24.8 Å². The highest BCUT2D eigenvalue weighted by molar-refractivity contribution is 6.33. The van der Waals surface area contributed by atoms with E-state index < -0.39 is 11.7 Å². The summed E-state index contributed by atoms with van der Waals surface area (Å²) < 4.78 is 39.6. The Morgan fingerprint density at radius 2 is 1.84 bits per heavy atom. The molecule has 1 amide bonds. The predicted octanol–water partition coefficient (Wildman–Crippen LogP) is 6.95. The van der Waals surface area contributed by atoms with E-state index in [4.69, 9.17) is 11.6 Å². The number of aromatic nitrogens is 4. The van der Waals surface area contributed by atoms with Crippen molar-refractivity contribution in [3.05, 3.63) is 70.9 Å². The third kappa shape index (κ3) is 4.97. The molecule has 0 unspecified atom stereocenters. The highest BCUT2D eigenvalue weighted by Gasteiger charge is 2.31. The summed E-state index contributed by atoms with van der Waals surface area (Å²) in [5.41, 5.74) is 2.76. The van der Waals surface area contributed by atoms with E-state index in [-0.39, 0.29) is 22.6 Å². The van der Waals surface area contributed by atoms with Gasteiger partial charge in [-0.1, -0.05) is 11.6 Å². The molecule has 2 heterocycles. The van der Waals surface area contributed by atoms with Crippen molar-refractivity contribution >= 4 is 62.5 Å². The van der Waals surface area contributed by atoms with Gasteiger partial charge in [-0.25, -0.2) is 4.98 Å². The number of hydrogen-bond acceptors (Lipinski definition) is 5. The quantitative estimate of drug-likeness (QED) is 0.178. The fraction of sp³-hybridized carbons (Fsp3) is 0.192. The van der Waals surface area contributed by atoms with Crippen LogP contribution in [0.15, 0.2) is 54.7 Å². The lowest BCUT2D eigenvalue weighted by Gasteiger charge is -2.23. The number of imidazole rings is 1. The lowest BCUT2D eigenvalue weighted by molar-refractivity contribution is -0.137. The first-order valence-electron chi connectivity index (χ1n) is 11.8. The Labute approximate surface area is 220 Å². The van der Waals surface area contributed by atoms with Crippen LogP contribution in [0.1, 0.15) is 29.8 Å². The number of carbonyl (C=O) groups is 1. The fourth-order valence-electron chi connectivity index (χ4n) is 4.25. The van der Waals surface area contributed by atoms with Gasteiger partial charge in [0.2, 0.25) is 5.95 Å². The van der Waals surface area contributed by atoms with Crippen LogP contribution in [0, 0.1) is 0 Å². The molecule has 0 radical (unpaired) electrons. The summed E-state index contributed by atoms with van der Waals surface area (Å²) in [5.74, 6) is -0.133. The zero-order valence-corrected chi connectivity index (χ0v) is 21.1. The maximum Gasteiger partial charge on any atom is 0.416 e. The molecule has 0 bridgehead atoms. The van der Waals surface area contributed by atoms with Crippen molar-refractivity contribution in [2.24, 2.45) is 0 Å². The van der Waals surface area contributed by atoms with Gasteiger partial charge in [0.05, 0.1) is 50.3 Å². The van der Waals surface area contributed by atoms with E-state index in [9.17, 15) is 18.0 Å². The Hall–Kier alpha value is -4.25. The molecule has 3 aromatic carbocycles. The van der Waals surface area contributed by atoms with Crippen molar-refractivity contribution < 1.29 is 18.0 Å². The number of benzene rings is 3. The molecular weight excluding hydrogens is 519 g/mol. The standard InChI is InChI=1S/C26H23ClF3N7O/c1-3-37(4-2)23-12-22-21(11-17(23)24(38)32-16-7-5-14-13-31-36-19(14)10-16)34-25(35-22)33-20-9-15(26(28,29)30)6-8-18(20)27/h5-13H,3-4H2,1-2H3,(H,31,36)(H,32,38)(H2,33,34,35). The first-order valence-corrected chi connectivity index (χ1v) is 12.2. The number of nitrogens with one attached hydrogen (secondary N) is 4. The van der Waals surface area contributed by atoms with E-state index in [2.05, 4.69) is 30.8 Å². The van der Waals surface area contributed by atoms with E-state index in [0.717, 1.165) is 23.0 Å². The van der Waals surface area contributed by atoms with Crippen LogP contribution in [-0.4, -0.2) is 39.2 Å². The van der Waals surface area contributed by atoms with Gasteiger partial charge in [-0.3, -0.25) is 9.89 Å². The molecule has 5 rings (SSSR count). The SMILES string of the molecule is CCN(CC)c1cc2nc(Nc3cc(C(F)(F)F)ccc3Cl)[nH]c2cc1C(=O)Nc1ccc2cn[nH]c2c1. The number of hydrogen-bond donors (Lipinski definition) is 4. The molecule has 0 aliphatic carbocycles. The molecule has 0 aliphatic rings. The lowest BCUT2D eigenvalue weighted by Crippen LogP contribution is -2.25. The number of nitrogens with zero attached hydrogens (tertiary/aromatic N) is 3. The molecule has 38 heavy (non-hydrogen) atoms. The van der Waals surface area contributed by atoms with Crippen LogP contribution in [0.2, 0.25) is 5.02 Å².